The molecule has 0 aliphatic carbocycles. The van der Waals surface area contributed by atoms with Crippen LogP contribution in [0.5, 0.6) is 0 Å². The Morgan fingerprint density at radius 3 is 2.25 bits per heavy atom. The van der Waals surface area contributed by atoms with Gasteiger partial charge in [0.2, 0.25) is 5.91 Å². The molecule has 1 aromatic rings. The largest absolute Gasteiger partial charge is 0.479 e. The topological polar surface area (TPSA) is 66.4 Å². The number of carboxylic acids is 1. The lowest BCUT2D eigenvalue weighted by Gasteiger charge is -2.15. The van der Waals surface area contributed by atoms with Gasteiger partial charge in [-0.3, -0.25) is 4.79 Å². The molecule has 0 aliphatic heterocycles. The van der Waals surface area contributed by atoms with Gasteiger partial charge in [0.1, 0.15) is 0 Å². The minimum absolute atomic E-state index is 0.279. The first-order valence-corrected chi connectivity index (χ1v) is 6.33. The van der Waals surface area contributed by atoms with Crippen molar-refractivity contribution in [1.82, 2.24) is 5.32 Å². The number of hydrogen-bond donors (Lipinski definition) is 2. The van der Waals surface area contributed by atoms with E-state index >= 15 is 0 Å². The first kappa shape index (κ1) is 16.5. The van der Waals surface area contributed by atoms with Crippen LogP contribution >= 0.6 is 15.9 Å². The zero-order valence-electron chi connectivity index (χ0n) is 10.1. The Labute approximate surface area is 121 Å². The Bertz CT molecular complexity index is 488. The van der Waals surface area contributed by atoms with Gasteiger partial charge in [0.15, 0.2) is 6.04 Å². The van der Waals surface area contributed by atoms with Gasteiger partial charge in [-0.15, -0.1) is 0 Å². The summed E-state index contributed by atoms with van der Waals surface area (Å²) in [4.78, 5) is 22.4. The number of carbonyl (C=O) groups is 2. The summed E-state index contributed by atoms with van der Waals surface area (Å²) < 4.78 is 36.6. The second-order valence-corrected chi connectivity index (χ2v) is 4.92. The fraction of sp³-hybridized carbons (Fsp3) is 0.333. The highest BCUT2D eigenvalue weighted by Crippen LogP contribution is 2.22. The van der Waals surface area contributed by atoms with E-state index < -0.39 is 36.9 Å². The summed E-state index contributed by atoms with van der Waals surface area (Å²) in [5.74, 6) is -2.30. The van der Waals surface area contributed by atoms with E-state index in [2.05, 4.69) is 21.2 Å². The Balaban J connectivity index is 2.71. The van der Waals surface area contributed by atoms with Gasteiger partial charge in [-0.25, -0.2) is 4.79 Å². The van der Waals surface area contributed by atoms with Crippen molar-refractivity contribution in [1.29, 1.82) is 0 Å². The van der Waals surface area contributed by atoms with Crippen LogP contribution in [0.15, 0.2) is 28.7 Å². The van der Waals surface area contributed by atoms with Crippen molar-refractivity contribution in [3.63, 3.8) is 0 Å². The van der Waals surface area contributed by atoms with Crippen molar-refractivity contribution in [3.05, 3.63) is 34.3 Å². The average Bonchev–Trinajstić information content (AvgIpc) is 2.33. The number of hydrogen-bond acceptors (Lipinski definition) is 2. The first-order valence-electron chi connectivity index (χ1n) is 5.53. The number of nitrogens with one attached hydrogen (secondary N) is 1. The number of aliphatic carboxylic acids is 1. The summed E-state index contributed by atoms with van der Waals surface area (Å²) in [7, 11) is 0. The molecule has 0 heterocycles. The molecule has 4 nitrogen and oxygen atoms in total. The van der Waals surface area contributed by atoms with Crippen LogP contribution in [0.1, 0.15) is 24.4 Å². The summed E-state index contributed by atoms with van der Waals surface area (Å²) >= 11 is 3.17. The van der Waals surface area contributed by atoms with E-state index in [0.29, 0.717) is 4.47 Å². The zero-order chi connectivity index (χ0) is 15.3. The number of carbonyl (C=O) groups excluding carboxylic acids is 1. The van der Waals surface area contributed by atoms with E-state index in [1.54, 1.807) is 12.1 Å². The molecule has 0 aromatic heterocycles. The normalized spacial score (nSPS) is 12.8. The molecular formula is C12H11BrF3NO3. The summed E-state index contributed by atoms with van der Waals surface area (Å²) in [5.41, 5.74) is 0.279. The highest BCUT2D eigenvalue weighted by molar-refractivity contribution is 9.10. The highest BCUT2D eigenvalue weighted by atomic mass is 79.9. The molecular weight excluding hydrogens is 343 g/mol. The standard InChI is InChI=1S/C12H11BrF3NO3/c13-8-3-1-7(2-4-8)10(11(19)20)17-9(18)5-6-12(14,15)16/h1-4,10H,5-6H2,(H,17,18)(H,19,20). The molecule has 1 rings (SSSR count). The van der Waals surface area contributed by atoms with Crippen molar-refractivity contribution < 1.29 is 27.9 Å². The molecule has 0 aliphatic rings. The van der Waals surface area contributed by atoms with Gasteiger partial charge in [0.25, 0.3) is 0 Å². The summed E-state index contributed by atoms with van der Waals surface area (Å²) in [6.45, 7) is 0. The number of halogens is 4. The maximum absolute atomic E-state index is 12.0. The average molecular weight is 354 g/mol. The lowest BCUT2D eigenvalue weighted by Crippen LogP contribution is -2.34. The van der Waals surface area contributed by atoms with E-state index in [0.717, 1.165) is 0 Å². The molecule has 1 aromatic carbocycles. The molecule has 0 spiro atoms. The number of amides is 1. The molecule has 1 atom stereocenters. The van der Waals surface area contributed by atoms with Crippen LogP contribution in [-0.4, -0.2) is 23.2 Å². The van der Waals surface area contributed by atoms with Crippen molar-refractivity contribution in [3.8, 4) is 0 Å². The summed E-state index contributed by atoms with van der Waals surface area (Å²) in [6.07, 6.45) is -6.54. The summed E-state index contributed by atoms with van der Waals surface area (Å²) in [5, 5.41) is 11.1. The van der Waals surface area contributed by atoms with E-state index in [1.807, 2.05) is 0 Å². The zero-order valence-corrected chi connectivity index (χ0v) is 11.7. The number of carboxylic acid groups (broad SMARTS) is 1. The molecule has 0 saturated carbocycles. The predicted octanol–water partition coefficient (Wildman–Crippen LogP) is 3.03. The monoisotopic (exact) mass is 353 g/mol. The van der Waals surface area contributed by atoms with Gasteiger partial charge in [-0.2, -0.15) is 13.2 Å². The molecule has 0 bridgehead atoms. The van der Waals surface area contributed by atoms with Gasteiger partial charge in [0, 0.05) is 10.9 Å². The maximum Gasteiger partial charge on any atom is 0.389 e. The van der Waals surface area contributed by atoms with Gasteiger partial charge in [0.05, 0.1) is 6.42 Å². The van der Waals surface area contributed by atoms with Crippen LogP contribution in [-0.2, 0) is 9.59 Å². The minimum Gasteiger partial charge on any atom is -0.479 e. The number of rotatable bonds is 5. The molecule has 2 N–H and O–H groups in total. The quantitative estimate of drug-likeness (QED) is 0.854. The van der Waals surface area contributed by atoms with Crippen molar-refractivity contribution in [2.75, 3.05) is 0 Å². The van der Waals surface area contributed by atoms with Crippen molar-refractivity contribution in [2.24, 2.45) is 0 Å². The SMILES string of the molecule is O=C(CCC(F)(F)F)NC(C(=O)O)c1ccc(Br)cc1. The van der Waals surface area contributed by atoms with Gasteiger partial charge in [-0.1, -0.05) is 28.1 Å². The molecule has 1 amide bonds. The molecule has 20 heavy (non-hydrogen) atoms. The number of alkyl halides is 3. The Hall–Kier alpha value is -1.57. The molecule has 110 valence electrons. The first-order chi connectivity index (χ1) is 9.19. The van der Waals surface area contributed by atoms with Gasteiger partial charge >= 0.3 is 12.1 Å². The van der Waals surface area contributed by atoms with Crippen LogP contribution in [0.25, 0.3) is 0 Å². The fourth-order valence-electron chi connectivity index (χ4n) is 1.43. The van der Waals surface area contributed by atoms with E-state index in [4.69, 9.17) is 5.11 Å². The molecule has 0 radical (unpaired) electrons. The van der Waals surface area contributed by atoms with E-state index in [-0.39, 0.29) is 5.56 Å². The summed E-state index contributed by atoms with van der Waals surface area (Å²) in [6, 6.07) is 4.71. The fourth-order valence-corrected chi connectivity index (χ4v) is 1.70. The molecule has 8 heteroatoms. The molecule has 0 saturated heterocycles. The van der Waals surface area contributed by atoms with Crippen molar-refractivity contribution in [2.45, 2.75) is 25.1 Å². The second-order valence-electron chi connectivity index (χ2n) is 4.01. The molecule has 1 unspecified atom stereocenters. The lowest BCUT2D eigenvalue weighted by atomic mass is 10.1. The van der Waals surface area contributed by atoms with Gasteiger partial charge in [-0.05, 0) is 17.7 Å². The third-order valence-electron chi connectivity index (χ3n) is 2.39. The number of benzene rings is 1. The van der Waals surface area contributed by atoms with Crippen LogP contribution in [0.3, 0.4) is 0 Å². The smallest absolute Gasteiger partial charge is 0.389 e. The van der Waals surface area contributed by atoms with Gasteiger partial charge < -0.3 is 10.4 Å². The predicted molar refractivity (Wildman–Crippen MR) is 68.0 cm³/mol. The Morgan fingerprint density at radius 1 is 1.25 bits per heavy atom. The Morgan fingerprint density at radius 2 is 1.80 bits per heavy atom. The van der Waals surface area contributed by atoms with Crippen LogP contribution in [0, 0.1) is 0 Å². The lowest BCUT2D eigenvalue weighted by molar-refractivity contribution is -0.147. The Kier molecular flexibility index (Phi) is 5.55. The third-order valence-corrected chi connectivity index (χ3v) is 2.92. The van der Waals surface area contributed by atoms with Crippen LogP contribution < -0.4 is 5.32 Å². The maximum atomic E-state index is 12.0. The third kappa shape index (κ3) is 5.60. The minimum atomic E-state index is -4.45. The van der Waals surface area contributed by atoms with E-state index in [1.165, 1.54) is 12.1 Å². The van der Waals surface area contributed by atoms with E-state index in [9.17, 15) is 22.8 Å². The van der Waals surface area contributed by atoms with Crippen molar-refractivity contribution >= 4 is 27.8 Å². The van der Waals surface area contributed by atoms with Crippen LogP contribution in [0.4, 0.5) is 13.2 Å². The molecule has 0 fully saturated rings. The second kappa shape index (κ2) is 6.74. The highest BCUT2D eigenvalue weighted by Gasteiger charge is 2.29. The van der Waals surface area contributed by atoms with Crippen LogP contribution in [0.2, 0.25) is 0 Å².